The van der Waals surface area contributed by atoms with E-state index in [-0.39, 0.29) is 23.3 Å². The fourth-order valence-electron chi connectivity index (χ4n) is 5.44. The molecule has 2 aliphatic heterocycles. The smallest absolute Gasteiger partial charge is 0.261 e. The largest absolute Gasteiger partial charge is 0.461 e. The molecule has 2 aliphatic rings. The van der Waals surface area contributed by atoms with E-state index in [9.17, 15) is 9.59 Å². The van der Waals surface area contributed by atoms with Crippen molar-refractivity contribution in [3.05, 3.63) is 76.2 Å². The highest BCUT2D eigenvalue weighted by Crippen LogP contribution is 2.37. The molecule has 0 N–H and O–H groups in total. The first-order valence-electron chi connectivity index (χ1n) is 11.0. The molecular formula is C25H24N4O3. The molecule has 0 spiro atoms. The molecule has 2 atom stereocenters. The first-order chi connectivity index (χ1) is 15.5. The highest BCUT2D eigenvalue weighted by molar-refractivity contribution is 6.05. The van der Waals surface area contributed by atoms with Gasteiger partial charge in [0.15, 0.2) is 0 Å². The Morgan fingerprint density at radius 3 is 2.84 bits per heavy atom. The van der Waals surface area contributed by atoms with Crippen molar-refractivity contribution in [3.8, 4) is 11.4 Å². The number of rotatable bonds is 2. The van der Waals surface area contributed by atoms with Crippen LogP contribution in [0.25, 0.3) is 22.4 Å². The lowest BCUT2D eigenvalue weighted by molar-refractivity contribution is 0.0595. The van der Waals surface area contributed by atoms with Gasteiger partial charge in [0.25, 0.3) is 11.5 Å². The summed E-state index contributed by atoms with van der Waals surface area (Å²) < 4.78 is 9.60. The number of para-hydroxylation sites is 1. The van der Waals surface area contributed by atoms with Gasteiger partial charge in [-0.3, -0.25) is 9.59 Å². The van der Waals surface area contributed by atoms with E-state index in [0.717, 1.165) is 23.3 Å². The van der Waals surface area contributed by atoms with E-state index in [1.165, 1.54) is 0 Å². The van der Waals surface area contributed by atoms with Crippen molar-refractivity contribution in [1.82, 2.24) is 19.0 Å². The molecule has 1 amide bonds. The summed E-state index contributed by atoms with van der Waals surface area (Å²) in [6, 6.07) is 11.6. The number of pyridine rings is 1. The number of hydrogen-bond acceptors (Lipinski definition) is 4. The summed E-state index contributed by atoms with van der Waals surface area (Å²) >= 11 is 0. The molecule has 0 unspecified atom stereocenters. The Bertz CT molecular complexity index is 1430. The molecule has 2 bridgehead atoms. The SMILES string of the molecule is Cc1cc2cccc(C(=O)N3C[C@@H]4C[C@H](C3)c3ccc(-c5nccn5C)c(=O)n3C4)c2o1. The second kappa shape index (κ2) is 6.95. The van der Waals surface area contributed by atoms with Crippen LogP contribution in [0.3, 0.4) is 0 Å². The summed E-state index contributed by atoms with van der Waals surface area (Å²) in [5.41, 5.74) is 2.89. The van der Waals surface area contributed by atoms with Crippen LogP contribution >= 0.6 is 0 Å². The molecule has 0 aliphatic carbocycles. The van der Waals surface area contributed by atoms with E-state index in [1.54, 1.807) is 6.20 Å². The highest BCUT2D eigenvalue weighted by atomic mass is 16.3. The second-order valence-corrected chi connectivity index (χ2v) is 9.04. The lowest BCUT2D eigenvalue weighted by Crippen LogP contribution is -2.49. The fourth-order valence-corrected chi connectivity index (χ4v) is 5.44. The quantitative estimate of drug-likeness (QED) is 0.489. The number of hydrogen-bond donors (Lipinski definition) is 0. The average molecular weight is 428 g/mol. The number of carbonyl (C=O) groups is 1. The van der Waals surface area contributed by atoms with Gasteiger partial charge in [-0.05, 0) is 43.5 Å². The van der Waals surface area contributed by atoms with Crippen molar-refractivity contribution in [2.45, 2.75) is 25.8 Å². The van der Waals surface area contributed by atoms with Crippen molar-refractivity contribution in [2.75, 3.05) is 13.1 Å². The average Bonchev–Trinajstić information content (AvgIpc) is 3.38. The van der Waals surface area contributed by atoms with Gasteiger partial charge in [-0.2, -0.15) is 0 Å². The Hall–Kier alpha value is -3.61. The van der Waals surface area contributed by atoms with Gasteiger partial charge >= 0.3 is 0 Å². The van der Waals surface area contributed by atoms with Crippen LogP contribution < -0.4 is 5.56 Å². The number of benzene rings is 1. The number of likely N-dealkylation sites (tertiary alicyclic amines) is 1. The zero-order chi connectivity index (χ0) is 22.0. The van der Waals surface area contributed by atoms with E-state index in [2.05, 4.69) is 4.98 Å². The zero-order valence-electron chi connectivity index (χ0n) is 18.1. The number of imidazole rings is 1. The number of aryl methyl sites for hydroxylation is 2. The molecule has 5 heterocycles. The molecule has 7 nitrogen and oxygen atoms in total. The number of piperidine rings is 1. The Labute approximate surface area is 184 Å². The molecule has 32 heavy (non-hydrogen) atoms. The normalized spacial score (nSPS) is 19.9. The summed E-state index contributed by atoms with van der Waals surface area (Å²) in [6.45, 7) is 3.76. The van der Waals surface area contributed by atoms with Gasteiger partial charge in [-0.15, -0.1) is 0 Å². The molecule has 162 valence electrons. The summed E-state index contributed by atoms with van der Waals surface area (Å²) in [6.07, 6.45) is 4.55. The number of amides is 1. The summed E-state index contributed by atoms with van der Waals surface area (Å²) in [4.78, 5) is 33.1. The van der Waals surface area contributed by atoms with E-state index >= 15 is 0 Å². The number of nitrogens with zero attached hydrogens (tertiary/aromatic N) is 4. The Morgan fingerprint density at radius 1 is 1.16 bits per heavy atom. The van der Waals surface area contributed by atoms with Crippen LogP contribution in [0.1, 0.15) is 34.2 Å². The molecule has 1 fully saturated rings. The van der Waals surface area contributed by atoms with Crippen LogP contribution in [0.4, 0.5) is 0 Å². The van der Waals surface area contributed by atoms with Gasteiger partial charge < -0.3 is 18.5 Å². The standard InChI is InChI=1S/C25H24N4O3/c1-15-10-17-4-3-5-19(22(17)32-15)24(30)28-12-16-11-18(14-28)21-7-6-20(25(31)29(21)13-16)23-26-8-9-27(23)2/h3-10,16,18H,11-14H2,1-2H3/t16-,18+/m0/s1. The molecule has 0 saturated carbocycles. The number of fused-ring (bicyclic) bond motifs is 5. The lowest BCUT2D eigenvalue weighted by Gasteiger charge is -2.43. The number of carbonyl (C=O) groups excluding carboxylic acids is 1. The third-order valence-corrected chi connectivity index (χ3v) is 6.85. The van der Waals surface area contributed by atoms with Gasteiger partial charge in [-0.1, -0.05) is 12.1 Å². The summed E-state index contributed by atoms with van der Waals surface area (Å²) in [5.74, 6) is 1.87. The van der Waals surface area contributed by atoms with E-state index in [1.807, 2.05) is 70.6 Å². The third kappa shape index (κ3) is 2.84. The van der Waals surface area contributed by atoms with Crippen LogP contribution in [0.5, 0.6) is 0 Å². The first-order valence-corrected chi connectivity index (χ1v) is 11.0. The summed E-state index contributed by atoms with van der Waals surface area (Å²) in [5, 5.41) is 0.948. The van der Waals surface area contributed by atoms with Gasteiger partial charge in [-0.25, -0.2) is 4.98 Å². The van der Waals surface area contributed by atoms with Gasteiger partial charge in [0.05, 0.1) is 11.1 Å². The molecule has 4 aromatic rings. The van der Waals surface area contributed by atoms with E-state index < -0.39 is 0 Å². The molecule has 3 aromatic heterocycles. The highest BCUT2D eigenvalue weighted by Gasteiger charge is 2.37. The molecule has 0 radical (unpaired) electrons. The van der Waals surface area contributed by atoms with Crippen LogP contribution in [0, 0.1) is 12.8 Å². The number of aromatic nitrogens is 3. The minimum Gasteiger partial charge on any atom is -0.461 e. The zero-order valence-corrected chi connectivity index (χ0v) is 18.1. The predicted molar refractivity (Wildman–Crippen MR) is 121 cm³/mol. The monoisotopic (exact) mass is 428 g/mol. The molecular weight excluding hydrogens is 404 g/mol. The molecule has 1 aromatic carbocycles. The Balaban J connectivity index is 1.34. The van der Waals surface area contributed by atoms with Crippen LogP contribution in [-0.2, 0) is 13.6 Å². The van der Waals surface area contributed by atoms with E-state index in [0.29, 0.717) is 42.2 Å². The predicted octanol–water partition coefficient (Wildman–Crippen LogP) is 3.56. The minimum atomic E-state index is 0.0000717. The van der Waals surface area contributed by atoms with Gasteiger partial charge in [0.1, 0.15) is 17.2 Å². The topological polar surface area (TPSA) is 73.3 Å². The molecule has 7 heteroatoms. The van der Waals surface area contributed by atoms with Crippen molar-refractivity contribution in [3.63, 3.8) is 0 Å². The maximum atomic E-state index is 13.5. The van der Waals surface area contributed by atoms with Crippen LogP contribution in [-0.4, -0.2) is 38.0 Å². The van der Waals surface area contributed by atoms with Crippen molar-refractivity contribution < 1.29 is 9.21 Å². The van der Waals surface area contributed by atoms with Gasteiger partial charge in [0, 0.05) is 56.1 Å². The van der Waals surface area contributed by atoms with Crippen molar-refractivity contribution in [2.24, 2.45) is 13.0 Å². The molecule has 6 rings (SSSR count). The van der Waals surface area contributed by atoms with Crippen molar-refractivity contribution in [1.29, 1.82) is 0 Å². The summed E-state index contributed by atoms with van der Waals surface area (Å²) in [7, 11) is 1.89. The Kier molecular flexibility index (Phi) is 4.15. The van der Waals surface area contributed by atoms with Crippen molar-refractivity contribution >= 4 is 16.9 Å². The second-order valence-electron chi connectivity index (χ2n) is 9.04. The van der Waals surface area contributed by atoms with E-state index in [4.69, 9.17) is 4.42 Å². The maximum Gasteiger partial charge on any atom is 0.261 e. The minimum absolute atomic E-state index is 0.0000717. The fraction of sp³-hybridized carbons (Fsp3) is 0.320. The Morgan fingerprint density at radius 2 is 2.03 bits per heavy atom. The maximum absolute atomic E-state index is 13.5. The van der Waals surface area contributed by atoms with Gasteiger partial charge in [0.2, 0.25) is 0 Å². The van der Waals surface area contributed by atoms with Crippen LogP contribution in [0.2, 0.25) is 0 Å². The van der Waals surface area contributed by atoms with Crippen LogP contribution in [0.15, 0.2) is 58.0 Å². The number of furan rings is 1. The third-order valence-electron chi connectivity index (χ3n) is 6.85. The molecule has 1 saturated heterocycles. The lowest BCUT2D eigenvalue weighted by atomic mass is 9.82. The first kappa shape index (κ1) is 19.1.